The molecule has 1 amide bonds. The van der Waals surface area contributed by atoms with Crippen LogP contribution < -0.4 is 4.74 Å². The molecule has 1 fully saturated rings. The number of unbranched alkanes of at least 4 members (excludes halogenated alkanes) is 2. The van der Waals surface area contributed by atoms with Gasteiger partial charge in [-0.1, -0.05) is 30.3 Å². The van der Waals surface area contributed by atoms with Gasteiger partial charge in [0.25, 0.3) is 5.91 Å². The molecule has 178 valence electrons. The minimum absolute atomic E-state index is 0.157. The van der Waals surface area contributed by atoms with Crippen LogP contribution in [-0.2, 0) is 21.7 Å². The second kappa shape index (κ2) is 11.3. The van der Waals surface area contributed by atoms with Crippen molar-refractivity contribution in [3.63, 3.8) is 0 Å². The number of amides is 1. The van der Waals surface area contributed by atoms with Crippen molar-refractivity contribution >= 4 is 11.9 Å². The lowest BCUT2D eigenvalue weighted by Crippen LogP contribution is -2.36. The number of nitrogens with zero attached hydrogens (tertiary/aromatic N) is 1. The van der Waals surface area contributed by atoms with Gasteiger partial charge in [0, 0.05) is 37.2 Å². The van der Waals surface area contributed by atoms with Crippen LogP contribution >= 0.6 is 0 Å². The van der Waals surface area contributed by atoms with Gasteiger partial charge in [-0.3, -0.25) is 9.59 Å². The molecular weight excluding hydrogens is 418 g/mol. The van der Waals surface area contributed by atoms with E-state index in [-0.39, 0.29) is 24.0 Å². The molecule has 1 aliphatic rings. The first-order valence-corrected chi connectivity index (χ1v) is 11.6. The molecule has 6 heteroatoms. The van der Waals surface area contributed by atoms with Crippen molar-refractivity contribution in [2.75, 3.05) is 13.7 Å². The van der Waals surface area contributed by atoms with Gasteiger partial charge in [-0.15, -0.1) is 0 Å². The Morgan fingerprint density at radius 2 is 1.79 bits per heavy atom. The van der Waals surface area contributed by atoms with Crippen LogP contribution in [0.25, 0.3) is 0 Å². The first kappa shape index (κ1) is 23.3. The Kier molecular flexibility index (Phi) is 8.00. The van der Waals surface area contributed by atoms with Gasteiger partial charge in [0.05, 0.1) is 13.6 Å². The molecule has 0 radical (unpaired) electrons. The number of carbonyl (C=O) groups is 2. The number of carboxylic acids is 1. The number of methoxy groups -OCH3 is 1. The molecule has 33 heavy (non-hydrogen) atoms. The Labute approximate surface area is 197 Å². The fraction of sp³-hybridized carbons (Fsp3) is 0.481. The van der Waals surface area contributed by atoms with Gasteiger partial charge >= 0.3 is 5.97 Å². The van der Waals surface area contributed by atoms with E-state index >= 15 is 0 Å². The maximum atomic E-state index is 13.4. The summed E-state index contributed by atoms with van der Waals surface area (Å²) < 4.78 is 20.5. The predicted octanol–water partition coefficient (Wildman–Crippen LogP) is 5.40. The highest BCUT2D eigenvalue weighted by molar-refractivity contribution is 5.94. The number of aliphatic carboxylic acids is 1. The zero-order valence-electron chi connectivity index (χ0n) is 20.8. The average Bonchev–Trinajstić information content (AvgIpc) is 3.62. The van der Waals surface area contributed by atoms with Gasteiger partial charge in [-0.2, -0.15) is 0 Å². The van der Waals surface area contributed by atoms with E-state index in [9.17, 15) is 9.59 Å². The average molecular weight is 455 g/mol. The first-order valence-electron chi connectivity index (χ1n) is 12.2. The SMILES string of the molecule is [2H]C(c1ccccc1OCCCCCC(=O)O)N(C(=O)c1ccc(C2(OC)CC2)cc1)C(C)C. The standard InChI is InChI=1S/C27H35NO5/c1-20(2)28(26(31)21-12-14-23(15-13-21)27(32-3)16-17-27)19-22-9-6-7-10-24(22)33-18-8-4-5-11-25(29)30/h6-7,9-10,12-15,20H,4-5,8,11,16-19H2,1-3H3,(H,29,30)/i19D. The third-order valence-electron chi connectivity index (χ3n) is 6.03. The normalized spacial score (nSPS) is 15.6. The Hall–Kier alpha value is -2.86. The fourth-order valence-corrected chi connectivity index (χ4v) is 3.84. The van der Waals surface area contributed by atoms with Crippen LogP contribution in [0.1, 0.15) is 75.2 Å². The van der Waals surface area contributed by atoms with Crippen LogP contribution in [0.5, 0.6) is 5.75 Å². The van der Waals surface area contributed by atoms with E-state index in [2.05, 4.69) is 0 Å². The third-order valence-corrected chi connectivity index (χ3v) is 6.03. The van der Waals surface area contributed by atoms with Crippen molar-refractivity contribution < 1.29 is 25.5 Å². The molecule has 0 saturated heterocycles. The smallest absolute Gasteiger partial charge is 0.303 e. The summed E-state index contributed by atoms with van der Waals surface area (Å²) in [6.45, 7) is 3.32. The second-order valence-electron chi connectivity index (χ2n) is 8.80. The van der Waals surface area contributed by atoms with Gasteiger partial charge in [0.15, 0.2) is 0 Å². The Morgan fingerprint density at radius 1 is 1.09 bits per heavy atom. The fourth-order valence-electron chi connectivity index (χ4n) is 3.84. The predicted molar refractivity (Wildman–Crippen MR) is 127 cm³/mol. The Morgan fingerprint density at radius 3 is 2.39 bits per heavy atom. The van der Waals surface area contributed by atoms with Gasteiger partial charge in [0.2, 0.25) is 0 Å². The molecule has 2 aromatic carbocycles. The summed E-state index contributed by atoms with van der Waals surface area (Å²) in [5, 5.41) is 8.74. The van der Waals surface area contributed by atoms with E-state index in [1.807, 2.05) is 62.4 Å². The molecule has 0 spiro atoms. The zero-order valence-corrected chi connectivity index (χ0v) is 19.8. The number of hydrogen-bond acceptors (Lipinski definition) is 4. The van der Waals surface area contributed by atoms with Crippen molar-refractivity contribution in [1.29, 1.82) is 0 Å². The van der Waals surface area contributed by atoms with Crippen molar-refractivity contribution in [3.05, 3.63) is 65.2 Å². The lowest BCUT2D eigenvalue weighted by atomic mass is 10.0. The van der Waals surface area contributed by atoms with E-state index in [1.54, 1.807) is 12.0 Å². The molecule has 0 heterocycles. The zero-order chi connectivity index (χ0) is 24.7. The van der Waals surface area contributed by atoms with E-state index in [1.165, 1.54) is 0 Å². The van der Waals surface area contributed by atoms with E-state index in [4.69, 9.17) is 16.0 Å². The van der Waals surface area contributed by atoms with Crippen LogP contribution in [0.2, 0.25) is 0 Å². The summed E-state index contributed by atoms with van der Waals surface area (Å²) in [7, 11) is 1.72. The van der Waals surface area contributed by atoms with Crippen molar-refractivity contribution in [2.24, 2.45) is 0 Å². The lowest BCUT2D eigenvalue weighted by molar-refractivity contribution is -0.137. The molecule has 1 N–H and O–H groups in total. The number of carboxylic acid groups (broad SMARTS) is 1. The molecule has 6 nitrogen and oxygen atoms in total. The summed E-state index contributed by atoms with van der Waals surface area (Å²) >= 11 is 0. The highest BCUT2D eigenvalue weighted by Crippen LogP contribution is 2.48. The minimum atomic E-state index is -0.927. The van der Waals surface area contributed by atoms with Crippen LogP contribution in [0.15, 0.2) is 48.5 Å². The van der Waals surface area contributed by atoms with Gasteiger partial charge < -0.3 is 19.5 Å². The number of carbonyl (C=O) groups excluding carboxylic acids is 1. The number of rotatable bonds is 13. The first-order chi connectivity index (χ1) is 16.3. The van der Waals surface area contributed by atoms with Crippen molar-refractivity contribution in [2.45, 2.75) is 70.5 Å². The van der Waals surface area contributed by atoms with Crippen LogP contribution in [0, 0.1) is 0 Å². The van der Waals surface area contributed by atoms with E-state index < -0.39 is 12.5 Å². The summed E-state index contributed by atoms with van der Waals surface area (Å²) in [6.07, 6.45) is 4.23. The van der Waals surface area contributed by atoms with E-state index in [0.717, 1.165) is 31.2 Å². The number of hydrogen-bond donors (Lipinski definition) is 1. The highest BCUT2D eigenvalue weighted by atomic mass is 16.5. The molecule has 1 unspecified atom stereocenters. The number of benzene rings is 2. The monoisotopic (exact) mass is 454 g/mol. The second-order valence-corrected chi connectivity index (χ2v) is 8.80. The molecule has 1 atom stereocenters. The Balaban J connectivity index is 1.70. The topological polar surface area (TPSA) is 76.1 Å². The minimum Gasteiger partial charge on any atom is -0.493 e. The van der Waals surface area contributed by atoms with Gasteiger partial charge in [-0.25, -0.2) is 0 Å². The number of para-hydroxylation sites is 1. The Bertz CT molecular complexity index is 971. The lowest BCUT2D eigenvalue weighted by Gasteiger charge is -2.28. The van der Waals surface area contributed by atoms with Gasteiger partial charge in [-0.05, 0) is 69.7 Å². The van der Waals surface area contributed by atoms with E-state index in [0.29, 0.717) is 29.9 Å². The molecule has 0 aromatic heterocycles. The summed E-state index contributed by atoms with van der Waals surface area (Å²) in [6, 6.07) is 14.7. The third kappa shape index (κ3) is 6.57. The molecule has 0 bridgehead atoms. The molecule has 3 rings (SSSR count). The quantitative estimate of drug-likeness (QED) is 0.410. The van der Waals surface area contributed by atoms with Crippen LogP contribution in [-0.4, -0.2) is 41.6 Å². The molecule has 1 aliphatic carbocycles. The number of ether oxygens (including phenoxy) is 2. The van der Waals surface area contributed by atoms with Crippen LogP contribution in [0.3, 0.4) is 0 Å². The maximum Gasteiger partial charge on any atom is 0.303 e. The van der Waals surface area contributed by atoms with Crippen molar-refractivity contribution in [1.82, 2.24) is 4.90 Å². The molecule has 1 saturated carbocycles. The summed E-state index contributed by atoms with van der Waals surface area (Å²) in [4.78, 5) is 25.6. The van der Waals surface area contributed by atoms with Gasteiger partial charge in [0.1, 0.15) is 5.75 Å². The maximum absolute atomic E-state index is 13.4. The highest BCUT2D eigenvalue weighted by Gasteiger charge is 2.44. The summed E-state index contributed by atoms with van der Waals surface area (Å²) in [5.74, 6) is -0.417. The summed E-state index contributed by atoms with van der Waals surface area (Å²) in [5.41, 5.74) is 2.04. The largest absolute Gasteiger partial charge is 0.493 e. The van der Waals surface area contributed by atoms with Crippen molar-refractivity contribution in [3.8, 4) is 5.75 Å². The van der Waals surface area contributed by atoms with Crippen LogP contribution in [0.4, 0.5) is 0 Å². The molecular formula is C27H35NO5. The molecule has 0 aliphatic heterocycles. The molecule has 2 aromatic rings.